The van der Waals surface area contributed by atoms with Gasteiger partial charge >= 0.3 is 0 Å². The molecule has 1 atom stereocenters. The van der Waals surface area contributed by atoms with Crippen molar-refractivity contribution in [2.75, 3.05) is 11.5 Å². The van der Waals surface area contributed by atoms with Gasteiger partial charge in [-0.25, -0.2) is 4.98 Å². The quantitative estimate of drug-likeness (QED) is 0.504. The zero-order valence-corrected chi connectivity index (χ0v) is 8.40. The minimum Gasteiger partial charge on any atom is -0.390 e. The first-order valence-corrected chi connectivity index (χ1v) is 5.16. The monoisotopic (exact) mass is 228 g/mol. The van der Waals surface area contributed by atoms with Gasteiger partial charge in [0.1, 0.15) is 0 Å². The maximum absolute atomic E-state index is 11.6. The van der Waals surface area contributed by atoms with E-state index in [1.54, 1.807) is 0 Å². The number of thioether (sulfide) groups is 1. The number of hydrogen-bond donors (Lipinski definition) is 2. The highest BCUT2D eigenvalue weighted by Crippen LogP contribution is 2.25. The first kappa shape index (κ1) is 10.1. The lowest BCUT2D eigenvalue weighted by atomic mass is 10.4. The minimum absolute atomic E-state index is 0.122. The van der Waals surface area contributed by atoms with Crippen LogP contribution in [-0.4, -0.2) is 26.5 Å². The Morgan fingerprint density at radius 3 is 3.07 bits per heavy atom. The van der Waals surface area contributed by atoms with Crippen LogP contribution in [0.15, 0.2) is 15.1 Å². The molecule has 1 aliphatic rings. The number of aliphatic hydroxyl groups excluding tert-OH is 1. The predicted octanol–water partition coefficient (Wildman–Crippen LogP) is -0.310. The van der Waals surface area contributed by atoms with E-state index in [0.717, 1.165) is 0 Å². The van der Waals surface area contributed by atoms with Crippen LogP contribution in [0.4, 0.5) is 11.5 Å². The number of rotatable bonds is 1. The van der Waals surface area contributed by atoms with E-state index < -0.39 is 17.4 Å². The van der Waals surface area contributed by atoms with Gasteiger partial charge in [0.25, 0.3) is 5.56 Å². The number of fused-ring (bicyclic) bond motifs is 1. The average Bonchev–Trinajstić information content (AvgIpc) is 2.20. The van der Waals surface area contributed by atoms with Gasteiger partial charge in [-0.2, -0.15) is 0 Å². The Kier molecular flexibility index (Phi) is 2.45. The molecule has 0 saturated heterocycles. The molecule has 1 aromatic heterocycles. The Hall–Kier alpha value is -1.41. The fourth-order valence-electron chi connectivity index (χ4n) is 1.33. The highest BCUT2D eigenvalue weighted by molar-refractivity contribution is 7.99. The Labute approximate surface area is 88.3 Å². The van der Waals surface area contributed by atoms with E-state index in [4.69, 9.17) is 5.73 Å². The zero-order valence-electron chi connectivity index (χ0n) is 7.58. The van der Waals surface area contributed by atoms with E-state index in [1.165, 1.54) is 16.3 Å². The van der Waals surface area contributed by atoms with Crippen molar-refractivity contribution >= 4 is 23.3 Å². The molecular formula is C7H8N4O3S. The van der Waals surface area contributed by atoms with Crippen molar-refractivity contribution in [2.45, 2.75) is 17.8 Å². The summed E-state index contributed by atoms with van der Waals surface area (Å²) in [5, 5.41) is 12.3. The van der Waals surface area contributed by atoms with Crippen molar-refractivity contribution < 1.29 is 5.11 Å². The Morgan fingerprint density at radius 1 is 1.67 bits per heavy atom. The van der Waals surface area contributed by atoms with Crippen molar-refractivity contribution in [3.63, 3.8) is 0 Å². The molecule has 7 nitrogen and oxygen atoms in total. The lowest BCUT2D eigenvalue weighted by molar-refractivity contribution is 0.167. The Bertz CT molecular complexity index is 472. The van der Waals surface area contributed by atoms with E-state index in [2.05, 4.69) is 10.2 Å². The molecule has 0 aliphatic carbocycles. The van der Waals surface area contributed by atoms with Gasteiger partial charge in [-0.1, -0.05) is 11.8 Å². The van der Waals surface area contributed by atoms with Crippen molar-refractivity contribution in [1.82, 2.24) is 9.55 Å². The van der Waals surface area contributed by atoms with Crippen molar-refractivity contribution in [3.8, 4) is 0 Å². The lowest BCUT2D eigenvalue weighted by Crippen LogP contribution is -2.33. The molecule has 8 heteroatoms. The zero-order chi connectivity index (χ0) is 11.0. The number of hydrogen-bond acceptors (Lipinski definition) is 7. The number of aliphatic hydroxyl groups is 1. The normalized spacial score (nSPS) is 19.7. The Balaban J connectivity index is 2.64. The molecule has 0 saturated carbocycles. The summed E-state index contributed by atoms with van der Waals surface area (Å²) in [6.07, 6.45) is -0.620. The number of nitrogen functional groups attached to an aromatic ring is 1. The molecule has 3 N–H and O–H groups in total. The van der Waals surface area contributed by atoms with Crippen molar-refractivity contribution in [2.24, 2.45) is 5.18 Å². The van der Waals surface area contributed by atoms with Gasteiger partial charge in [0.15, 0.2) is 11.0 Å². The molecule has 2 heterocycles. The third-order valence-corrected chi connectivity index (χ3v) is 3.15. The van der Waals surface area contributed by atoms with Crippen LogP contribution < -0.4 is 11.3 Å². The Morgan fingerprint density at radius 2 is 2.40 bits per heavy atom. The maximum Gasteiger partial charge on any atom is 0.286 e. The lowest BCUT2D eigenvalue weighted by Gasteiger charge is -2.21. The van der Waals surface area contributed by atoms with Crippen molar-refractivity contribution in [1.29, 1.82) is 0 Å². The van der Waals surface area contributed by atoms with Gasteiger partial charge < -0.3 is 10.8 Å². The smallest absolute Gasteiger partial charge is 0.286 e. The van der Waals surface area contributed by atoms with E-state index >= 15 is 0 Å². The summed E-state index contributed by atoms with van der Waals surface area (Å²) in [5.41, 5.74) is 4.40. The summed E-state index contributed by atoms with van der Waals surface area (Å²) in [5.74, 6) is 0.296. The fourth-order valence-corrected chi connectivity index (χ4v) is 2.25. The first-order chi connectivity index (χ1) is 7.13. The van der Waals surface area contributed by atoms with E-state index in [0.29, 0.717) is 10.9 Å². The number of nitrogens with two attached hydrogens (primary N) is 1. The summed E-state index contributed by atoms with van der Waals surface area (Å²) in [4.78, 5) is 25.9. The van der Waals surface area contributed by atoms with Gasteiger partial charge in [-0.05, 0) is 5.18 Å². The number of nitroso groups, excluding NO2 is 1. The van der Waals surface area contributed by atoms with Gasteiger partial charge in [0, 0.05) is 5.75 Å². The molecule has 1 unspecified atom stereocenters. The minimum atomic E-state index is -0.620. The van der Waals surface area contributed by atoms with Gasteiger partial charge in [0.2, 0.25) is 5.69 Å². The number of nitrogens with zero attached hydrogens (tertiary/aromatic N) is 3. The molecule has 1 aliphatic heterocycles. The van der Waals surface area contributed by atoms with Crippen LogP contribution in [0.1, 0.15) is 0 Å². The van der Waals surface area contributed by atoms with Crippen LogP contribution in [0.5, 0.6) is 0 Å². The van der Waals surface area contributed by atoms with Crippen LogP contribution in [0, 0.1) is 4.91 Å². The van der Waals surface area contributed by atoms with E-state index in [1.807, 2.05) is 0 Å². The molecule has 0 aromatic carbocycles. The maximum atomic E-state index is 11.6. The molecule has 0 fully saturated rings. The highest BCUT2D eigenvalue weighted by Gasteiger charge is 2.22. The van der Waals surface area contributed by atoms with Gasteiger partial charge in [-0.15, -0.1) is 4.91 Å². The second-order valence-corrected chi connectivity index (χ2v) is 4.09. The van der Waals surface area contributed by atoms with E-state index in [9.17, 15) is 14.8 Å². The molecule has 15 heavy (non-hydrogen) atoms. The summed E-state index contributed by atoms with van der Waals surface area (Å²) in [6, 6.07) is 0. The SMILES string of the molecule is Nc1nc2n(c(=O)c1N=O)CC(O)CS2. The fraction of sp³-hybridized carbons (Fsp3) is 0.429. The predicted molar refractivity (Wildman–Crippen MR) is 55.1 cm³/mol. The second kappa shape index (κ2) is 3.63. The summed E-state index contributed by atoms with van der Waals surface area (Å²) in [7, 11) is 0. The number of anilines is 1. The van der Waals surface area contributed by atoms with Crippen LogP contribution >= 0.6 is 11.8 Å². The topological polar surface area (TPSA) is 111 Å². The van der Waals surface area contributed by atoms with Crippen molar-refractivity contribution in [3.05, 3.63) is 15.3 Å². The van der Waals surface area contributed by atoms with Gasteiger partial charge in [-0.3, -0.25) is 9.36 Å². The van der Waals surface area contributed by atoms with Crippen LogP contribution in [-0.2, 0) is 6.54 Å². The molecule has 0 bridgehead atoms. The van der Waals surface area contributed by atoms with Crippen LogP contribution in [0.3, 0.4) is 0 Å². The third kappa shape index (κ3) is 1.61. The number of aromatic nitrogens is 2. The average molecular weight is 228 g/mol. The summed E-state index contributed by atoms with van der Waals surface area (Å²) < 4.78 is 1.21. The van der Waals surface area contributed by atoms with E-state index in [-0.39, 0.29) is 12.4 Å². The molecule has 1 aromatic rings. The molecule has 0 amide bonds. The molecule has 80 valence electrons. The van der Waals surface area contributed by atoms with Crippen LogP contribution in [0.25, 0.3) is 0 Å². The molecule has 0 radical (unpaired) electrons. The second-order valence-electron chi connectivity index (χ2n) is 3.10. The molecule has 2 rings (SSSR count). The summed E-state index contributed by atoms with van der Waals surface area (Å²) in [6.45, 7) is 0.122. The van der Waals surface area contributed by atoms with Crippen LogP contribution in [0.2, 0.25) is 0 Å². The highest BCUT2D eigenvalue weighted by atomic mass is 32.2. The molecular weight excluding hydrogens is 220 g/mol. The largest absolute Gasteiger partial charge is 0.390 e. The first-order valence-electron chi connectivity index (χ1n) is 4.18. The summed E-state index contributed by atoms with van der Waals surface area (Å²) >= 11 is 1.22. The standard InChI is InChI=1S/C7H8N4O3S/c8-5-4(10-14)6(13)11-1-3(12)2-15-7(11)9-5/h3,12H,1-2,8H2. The van der Waals surface area contributed by atoms with Gasteiger partial charge in [0.05, 0.1) is 12.6 Å². The third-order valence-electron chi connectivity index (χ3n) is 2.03. The molecule has 0 spiro atoms.